The van der Waals surface area contributed by atoms with Gasteiger partial charge in [-0.05, 0) is 42.0 Å². The maximum absolute atomic E-state index is 10.3. The minimum Gasteiger partial charge on any atom is -0.496 e. The van der Waals surface area contributed by atoms with Crippen LogP contribution in [0.5, 0.6) is 5.75 Å². The number of hydrogen-bond donors (Lipinski definition) is 1. The fourth-order valence-corrected chi connectivity index (χ4v) is 2.61. The number of halogens is 3. The van der Waals surface area contributed by atoms with Gasteiger partial charge in [0, 0.05) is 27.1 Å². The van der Waals surface area contributed by atoms with Crippen molar-refractivity contribution in [3.63, 3.8) is 0 Å². The van der Waals surface area contributed by atoms with Gasteiger partial charge in [0.05, 0.1) is 13.2 Å². The van der Waals surface area contributed by atoms with Crippen molar-refractivity contribution in [1.82, 2.24) is 0 Å². The summed E-state index contributed by atoms with van der Waals surface area (Å²) in [5.74, 6) is 0.673. The number of rotatable bonds is 4. The highest BCUT2D eigenvalue weighted by Gasteiger charge is 2.15. The van der Waals surface area contributed by atoms with Crippen LogP contribution in [0.3, 0.4) is 0 Å². The molecule has 2 aromatic rings. The summed E-state index contributed by atoms with van der Waals surface area (Å²) in [6, 6.07) is 10.3. The monoisotopic (exact) mass is 330 g/mol. The fraction of sp³-hybridized carbons (Fsp3) is 0.200. The van der Waals surface area contributed by atoms with Crippen LogP contribution in [0.2, 0.25) is 15.1 Å². The highest BCUT2D eigenvalue weighted by molar-refractivity contribution is 6.33. The number of ether oxygens (including phenoxy) is 1. The highest BCUT2D eigenvalue weighted by atomic mass is 35.5. The lowest BCUT2D eigenvalue weighted by atomic mass is 10.0. The van der Waals surface area contributed by atoms with E-state index in [-0.39, 0.29) is 0 Å². The Labute approximate surface area is 132 Å². The molecule has 0 aliphatic rings. The fourth-order valence-electron chi connectivity index (χ4n) is 1.99. The van der Waals surface area contributed by atoms with E-state index in [0.29, 0.717) is 32.8 Å². The second kappa shape index (κ2) is 6.68. The summed E-state index contributed by atoms with van der Waals surface area (Å²) < 4.78 is 5.26. The lowest BCUT2D eigenvalue weighted by Crippen LogP contribution is -2.04. The molecule has 0 saturated heterocycles. The lowest BCUT2D eigenvalue weighted by molar-refractivity contribution is 0.177. The van der Waals surface area contributed by atoms with Gasteiger partial charge in [-0.1, -0.05) is 34.8 Å². The smallest absolute Gasteiger partial charge is 0.122 e. The first-order valence-corrected chi connectivity index (χ1v) is 7.10. The van der Waals surface area contributed by atoms with E-state index < -0.39 is 6.10 Å². The number of aliphatic hydroxyl groups excluding tert-OH is 1. The molecule has 20 heavy (non-hydrogen) atoms. The van der Waals surface area contributed by atoms with Gasteiger partial charge in [0.25, 0.3) is 0 Å². The molecule has 0 heterocycles. The van der Waals surface area contributed by atoms with Crippen molar-refractivity contribution in [2.24, 2.45) is 0 Å². The molecule has 0 fully saturated rings. The zero-order chi connectivity index (χ0) is 14.7. The molecule has 0 spiro atoms. The van der Waals surface area contributed by atoms with Crippen LogP contribution in [0, 0.1) is 0 Å². The van der Waals surface area contributed by atoms with Crippen LogP contribution in [0.25, 0.3) is 0 Å². The molecular formula is C15H13Cl3O2. The van der Waals surface area contributed by atoms with Crippen molar-refractivity contribution >= 4 is 34.8 Å². The molecule has 0 radical (unpaired) electrons. The number of benzene rings is 2. The van der Waals surface area contributed by atoms with Gasteiger partial charge in [-0.15, -0.1) is 0 Å². The minimum atomic E-state index is -0.784. The Bertz CT molecular complexity index is 614. The van der Waals surface area contributed by atoms with Gasteiger partial charge < -0.3 is 9.84 Å². The van der Waals surface area contributed by atoms with Crippen LogP contribution in [0.15, 0.2) is 36.4 Å². The van der Waals surface area contributed by atoms with Gasteiger partial charge in [0.15, 0.2) is 0 Å². The standard InChI is InChI=1S/C15H13Cl3O2/c1-20-15-5-3-10(16)6-9(15)7-14(19)12-8-11(17)2-4-13(12)18/h2-6,8,14,19H,7H2,1H3. The number of aliphatic hydroxyl groups is 1. The van der Waals surface area contributed by atoms with Crippen molar-refractivity contribution in [2.45, 2.75) is 12.5 Å². The first-order valence-electron chi connectivity index (χ1n) is 5.96. The van der Waals surface area contributed by atoms with E-state index in [9.17, 15) is 5.11 Å². The van der Waals surface area contributed by atoms with Crippen molar-refractivity contribution in [3.8, 4) is 5.75 Å². The van der Waals surface area contributed by atoms with Gasteiger partial charge >= 0.3 is 0 Å². The Balaban J connectivity index is 2.29. The summed E-state index contributed by atoms with van der Waals surface area (Å²) >= 11 is 18.0. The molecule has 1 N–H and O–H groups in total. The van der Waals surface area contributed by atoms with Crippen LogP contribution < -0.4 is 4.74 Å². The Morgan fingerprint density at radius 1 is 1.05 bits per heavy atom. The molecular weight excluding hydrogens is 319 g/mol. The molecule has 0 saturated carbocycles. The van der Waals surface area contributed by atoms with Crippen LogP contribution in [-0.4, -0.2) is 12.2 Å². The van der Waals surface area contributed by atoms with Crippen molar-refractivity contribution in [2.75, 3.05) is 7.11 Å². The summed E-state index contributed by atoms with van der Waals surface area (Å²) in [5, 5.41) is 11.9. The Morgan fingerprint density at radius 2 is 1.70 bits per heavy atom. The molecule has 0 bridgehead atoms. The number of hydrogen-bond acceptors (Lipinski definition) is 2. The molecule has 5 heteroatoms. The van der Waals surface area contributed by atoms with Gasteiger partial charge in [-0.2, -0.15) is 0 Å². The number of methoxy groups -OCH3 is 1. The normalized spacial score (nSPS) is 12.2. The van der Waals surface area contributed by atoms with Gasteiger partial charge in [-0.25, -0.2) is 0 Å². The first kappa shape index (κ1) is 15.5. The Morgan fingerprint density at radius 3 is 2.40 bits per heavy atom. The third-order valence-electron chi connectivity index (χ3n) is 2.97. The SMILES string of the molecule is COc1ccc(Cl)cc1CC(O)c1cc(Cl)ccc1Cl. The van der Waals surface area contributed by atoms with Crippen molar-refractivity contribution in [1.29, 1.82) is 0 Å². The molecule has 1 atom stereocenters. The summed E-state index contributed by atoms with van der Waals surface area (Å²) in [6.45, 7) is 0. The van der Waals surface area contributed by atoms with Crippen LogP contribution in [0.1, 0.15) is 17.2 Å². The van der Waals surface area contributed by atoms with E-state index in [1.807, 2.05) is 0 Å². The average molecular weight is 332 g/mol. The summed E-state index contributed by atoms with van der Waals surface area (Å²) in [6.07, 6.45) is -0.447. The van der Waals surface area contributed by atoms with Crippen LogP contribution in [-0.2, 0) is 6.42 Å². The van der Waals surface area contributed by atoms with E-state index in [4.69, 9.17) is 39.5 Å². The van der Waals surface area contributed by atoms with Gasteiger partial charge in [-0.3, -0.25) is 0 Å². The van der Waals surface area contributed by atoms with Crippen molar-refractivity contribution < 1.29 is 9.84 Å². The zero-order valence-corrected chi connectivity index (χ0v) is 13.0. The topological polar surface area (TPSA) is 29.5 Å². The highest BCUT2D eigenvalue weighted by Crippen LogP contribution is 2.31. The quantitative estimate of drug-likeness (QED) is 0.860. The second-order valence-electron chi connectivity index (χ2n) is 4.34. The van der Waals surface area contributed by atoms with Gasteiger partial charge in [0.1, 0.15) is 5.75 Å². The first-order chi connectivity index (χ1) is 9.51. The third-order valence-corrected chi connectivity index (χ3v) is 3.79. The van der Waals surface area contributed by atoms with Crippen LogP contribution in [0.4, 0.5) is 0 Å². The van der Waals surface area contributed by atoms with E-state index in [0.717, 1.165) is 5.56 Å². The summed E-state index contributed by atoms with van der Waals surface area (Å²) in [7, 11) is 1.57. The molecule has 0 aliphatic heterocycles. The Kier molecular flexibility index (Phi) is 5.17. The molecule has 106 valence electrons. The second-order valence-corrected chi connectivity index (χ2v) is 5.62. The van der Waals surface area contributed by atoms with E-state index in [1.165, 1.54) is 0 Å². The lowest BCUT2D eigenvalue weighted by Gasteiger charge is -2.15. The molecule has 2 rings (SSSR count). The maximum atomic E-state index is 10.3. The summed E-state index contributed by atoms with van der Waals surface area (Å²) in [4.78, 5) is 0. The molecule has 0 aromatic heterocycles. The largest absolute Gasteiger partial charge is 0.496 e. The van der Waals surface area contributed by atoms with E-state index in [1.54, 1.807) is 43.5 Å². The predicted octanol–water partition coefficient (Wildman–Crippen LogP) is 4.93. The third kappa shape index (κ3) is 3.58. The van der Waals surface area contributed by atoms with E-state index in [2.05, 4.69) is 0 Å². The van der Waals surface area contributed by atoms with Crippen molar-refractivity contribution in [3.05, 3.63) is 62.6 Å². The van der Waals surface area contributed by atoms with Crippen LogP contribution >= 0.6 is 34.8 Å². The zero-order valence-electron chi connectivity index (χ0n) is 10.7. The molecule has 2 nitrogen and oxygen atoms in total. The Hall–Kier alpha value is -0.930. The molecule has 0 aliphatic carbocycles. The molecule has 1 unspecified atom stereocenters. The van der Waals surface area contributed by atoms with Gasteiger partial charge in [0.2, 0.25) is 0 Å². The molecule has 0 amide bonds. The molecule has 2 aromatic carbocycles. The summed E-state index contributed by atoms with van der Waals surface area (Å²) in [5.41, 5.74) is 1.39. The average Bonchev–Trinajstić information content (AvgIpc) is 2.41. The minimum absolute atomic E-state index is 0.337. The predicted molar refractivity (Wildman–Crippen MR) is 83.1 cm³/mol. The maximum Gasteiger partial charge on any atom is 0.122 e. The van der Waals surface area contributed by atoms with E-state index >= 15 is 0 Å².